The lowest BCUT2D eigenvalue weighted by molar-refractivity contribution is -0.131. The fourth-order valence-electron chi connectivity index (χ4n) is 3.84. The van der Waals surface area contributed by atoms with Gasteiger partial charge >= 0.3 is 0 Å². The Kier molecular flexibility index (Phi) is 5.84. The molecule has 0 spiro atoms. The van der Waals surface area contributed by atoms with Crippen molar-refractivity contribution in [3.05, 3.63) is 68.8 Å². The first-order chi connectivity index (χ1) is 14.4. The number of allylic oxidation sites excluding steroid dienone is 1. The summed E-state index contributed by atoms with van der Waals surface area (Å²) in [6, 6.07) is 8.28. The molecule has 0 bridgehead atoms. The van der Waals surface area contributed by atoms with Crippen LogP contribution in [0.5, 0.6) is 0 Å². The molecule has 1 unspecified atom stereocenters. The van der Waals surface area contributed by atoms with Crippen molar-refractivity contribution in [1.29, 1.82) is 0 Å². The number of carbonyl (C=O) groups excluding carboxylic acids is 1. The van der Waals surface area contributed by atoms with Crippen LogP contribution in [0.3, 0.4) is 0 Å². The molecule has 1 aliphatic heterocycles. The second kappa shape index (κ2) is 8.40. The zero-order chi connectivity index (χ0) is 21.4. The predicted octanol–water partition coefficient (Wildman–Crippen LogP) is 4.33. The minimum absolute atomic E-state index is 0.0594. The van der Waals surface area contributed by atoms with Gasteiger partial charge in [0, 0.05) is 24.5 Å². The van der Waals surface area contributed by atoms with Crippen molar-refractivity contribution in [3.8, 4) is 0 Å². The zero-order valence-electron chi connectivity index (χ0n) is 17.5. The minimum atomic E-state index is -0.335. The molecule has 7 heteroatoms. The molecule has 0 saturated carbocycles. The summed E-state index contributed by atoms with van der Waals surface area (Å²) in [7, 11) is 0. The maximum atomic E-state index is 13.2. The topological polar surface area (TPSA) is 55.2 Å². The molecule has 1 aromatic carbocycles. The summed E-state index contributed by atoms with van der Waals surface area (Å²) in [4.78, 5) is 34.8. The maximum absolute atomic E-state index is 13.2. The number of carbonyl (C=O) groups is 1. The van der Waals surface area contributed by atoms with Crippen LogP contribution in [0.15, 0.2) is 46.9 Å². The second-order valence-corrected chi connectivity index (χ2v) is 10.1. The van der Waals surface area contributed by atoms with Crippen LogP contribution < -0.4 is 5.56 Å². The highest BCUT2D eigenvalue weighted by Gasteiger charge is 2.27. The molecule has 0 radical (unpaired) electrons. The van der Waals surface area contributed by atoms with Gasteiger partial charge in [-0.25, -0.2) is 4.98 Å². The summed E-state index contributed by atoms with van der Waals surface area (Å²) >= 11 is 2.89. The van der Waals surface area contributed by atoms with Gasteiger partial charge in [-0.15, -0.1) is 17.9 Å². The van der Waals surface area contributed by atoms with Gasteiger partial charge in [0.05, 0.1) is 10.6 Å². The first-order valence-electron chi connectivity index (χ1n) is 10.0. The summed E-state index contributed by atoms with van der Waals surface area (Å²) < 4.78 is 1.63. The molecule has 1 aliphatic rings. The Morgan fingerprint density at radius 1 is 1.33 bits per heavy atom. The number of thioether (sulfide) groups is 1. The number of rotatable bonds is 5. The molecule has 0 aliphatic carbocycles. The van der Waals surface area contributed by atoms with E-state index in [1.165, 1.54) is 34.2 Å². The van der Waals surface area contributed by atoms with Crippen LogP contribution >= 0.6 is 23.1 Å². The molecule has 3 heterocycles. The van der Waals surface area contributed by atoms with Gasteiger partial charge in [-0.3, -0.25) is 14.2 Å². The Morgan fingerprint density at radius 3 is 2.80 bits per heavy atom. The van der Waals surface area contributed by atoms with Crippen LogP contribution in [0, 0.1) is 13.8 Å². The van der Waals surface area contributed by atoms with Gasteiger partial charge in [-0.05, 0) is 43.9 Å². The summed E-state index contributed by atoms with van der Waals surface area (Å²) in [5, 5.41) is 0.917. The average molecular weight is 440 g/mol. The van der Waals surface area contributed by atoms with Crippen molar-refractivity contribution in [2.75, 3.05) is 6.54 Å². The molecular weight excluding hydrogens is 414 g/mol. The lowest BCUT2D eigenvalue weighted by atomic mass is 10.00. The van der Waals surface area contributed by atoms with Gasteiger partial charge in [0.1, 0.15) is 4.83 Å². The fourth-order valence-corrected chi connectivity index (χ4v) is 5.91. The predicted molar refractivity (Wildman–Crippen MR) is 124 cm³/mol. The average Bonchev–Trinajstić information content (AvgIpc) is 3.03. The minimum Gasteiger partial charge on any atom is -0.337 e. The van der Waals surface area contributed by atoms with Crippen molar-refractivity contribution >= 4 is 39.2 Å². The van der Waals surface area contributed by atoms with Crippen LogP contribution in [0.25, 0.3) is 10.2 Å². The number of thiophene rings is 1. The van der Waals surface area contributed by atoms with E-state index >= 15 is 0 Å². The Morgan fingerprint density at radius 2 is 2.07 bits per heavy atom. The lowest BCUT2D eigenvalue weighted by Gasteiger charge is -2.30. The van der Waals surface area contributed by atoms with Gasteiger partial charge < -0.3 is 4.90 Å². The first-order valence-corrected chi connectivity index (χ1v) is 11.7. The summed E-state index contributed by atoms with van der Waals surface area (Å²) in [5.41, 5.74) is 3.45. The molecule has 0 fully saturated rings. The monoisotopic (exact) mass is 439 g/mol. The summed E-state index contributed by atoms with van der Waals surface area (Å²) in [5.74, 6) is 0.0764. The highest BCUT2D eigenvalue weighted by molar-refractivity contribution is 8.00. The number of hydrogen-bond acceptors (Lipinski definition) is 5. The van der Waals surface area contributed by atoms with Crippen LogP contribution in [0.2, 0.25) is 0 Å². The number of aryl methyl sites for hydroxylation is 2. The lowest BCUT2D eigenvalue weighted by Crippen LogP contribution is -2.40. The zero-order valence-corrected chi connectivity index (χ0v) is 19.1. The van der Waals surface area contributed by atoms with E-state index in [9.17, 15) is 9.59 Å². The van der Waals surface area contributed by atoms with Crippen molar-refractivity contribution in [1.82, 2.24) is 14.5 Å². The van der Waals surface area contributed by atoms with Crippen molar-refractivity contribution in [2.24, 2.45) is 0 Å². The second-order valence-electron chi connectivity index (χ2n) is 7.60. The molecule has 5 nitrogen and oxygen atoms in total. The molecule has 30 heavy (non-hydrogen) atoms. The van der Waals surface area contributed by atoms with Crippen LogP contribution in [0.4, 0.5) is 0 Å². The molecule has 0 N–H and O–H groups in total. The summed E-state index contributed by atoms with van der Waals surface area (Å²) in [6.45, 7) is 11.4. The van der Waals surface area contributed by atoms with Gasteiger partial charge in [-0.2, -0.15) is 0 Å². The Balaban J connectivity index is 1.62. The molecule has 1 atom stereocenters. The van der Waals surface area contributed by atoms with E-state index in [4.69, 9.17) is 4.98 Å². The van der Waals surface area contributed by atoms with Crippen LogP contribution in [0.1, 0.15) is 28.5 Å². The van der Waals surface area contributed by atoms with E-state index in [2.05, 4.69) is 18.7 Å². The normalized spacial score (nSPS) is 14.6. The molecule has 4 rings (SSSR count). The Labute approximate surface area is 184 Å². The van der Waals surface area contributed by atoms with Crippen molar-refractivity contribution in [3.63, 3.8) is 0 Å². The van der Waals surface area contributed by atoms with E-state index < -0.39 is 0 Å². The molecular formula is C23H25N3O2S2. The number of hydrogen-bond donors (Lipinski definition) is 0. The number of fused-ring (bicyclic) bond motifs is 2. The first kappa shape index (κ1) is 20.9. The van der Waals surface area contributed by atoms with E-state index in [1.54, 1.807) is 10.6 Å². The van der Waals surface area contributed by atoms with E-state index in [-0.39, 0.29) is 16.7 Å². The molecule has 156 valence electrons. The van der Waals surface area contributed by atoms with E-state index in [1.807, 2.05) is 37.8 Å². The molecule has 0 saturated heterocycles. The highest BCUT2D eigenvalue weighted by atomic mass is 32.2. The van der Waals surface area contributed by atoms with Crippen LogP contribution in [-0.2, 0) is 24.3 Å². The fraction of sp³-hybridized carbons (Fsp3) is 0.348. The third kappa shape index (κ3) is 3.72. The third-order valence-corrected chi connectivity index (χ3v) is 7.82. The quantitative estimate of drug-likeness (QED) is 0.337. The molecule has 2 aromatic heterocycles. The largest absolute Gasteiger partial charge is 0.337 e. The molecule has 3 aromatic rings. The van der Waals surface area contributed by atoms with Crippen molar-refractivity contribution in [2.45, 2.75) is 50.7 Å². The Bertz CT molecular complexity index is 1200. The number of amides is 1. The van der Waals surface area contributed by atoms with Crippen molar-refractivity contribution < 1.29 is 4.79 Å². The number of benzene rings is 1. The number of aromatic nitrogens is 2. The van der Waals surface area contributed by atoms with Gasteiger partial charge in [0.15, 0.2) is 5.16 Å². The third-order valence-electron chi connectivity index (χ3n) is 5.64. The smallest absolute Gasteiger partial charge is 0.263 e. The van der Waals surface area contributed by atoms with Gasteiger partial charge in [-0.1, -0.05) is 42.1 Å². The maximum Gasteiger partial charge on any atom is 0.263 e. The van der Waals surface area contributed by atoms with E-state index in [0.717, 1.165) is 28.2 Å². The highest BCUT2D eigenvalue weighted by Crippen LogP contribution is 2.30. The number of nitrogens with zero attached hydrogens (tertiary/aromatic N) is 3. The van der Waals surface area contributed by atoms with Crippen LogP contribution in [-0.4, -0.2) is 32.2 Å². The molecule has 1 amide bonds. The summed E-state index contributed by atoms with van der Waals surface area (Å²) in [6.07, 6.45) is 2.57. The SMILES string of the molecule is C=CCn1c(SC(C)C(=O)N2CCc3ccccc3C2)nc2sc(C)c(C)c2c1=O. The van der Waals surface area contributed by atoms with E-state index in [0.29, 0.717) is 23.6 Å². The van der Waals surface area contributed by atoms with Gasteiger partial charge in [0.25, 0.3) is 5.56 Å². The van der Waals surface area contributed by atoms with Gasteiger partial charge in [0.2, 0.25) is 5.91 Å². The Hall–Kier alpha value is -2.38. The standard InChI is InChI=1S/C23H25N3O2S2/c1-5-11-26-22(28)19-14(2)15(3)29-20(19)24-23(26)30-16(4)21(27)25-12-10-17-8-6-7-9-18(17)13-25/h5-9,16H,1,10-13H2,2-4H3.